The van der Waals surface area contributed by atoms with Gasteiger partial charge in [-0.2, -0.15) is 5.10 Å². The summed E-state index contributed by atoms with van der Waals surface area (Å²) in [6.45, 7) is 0. The third-order valence-corrected chi connectivity index (χ3v) is 3.96. The number of hydrazone groups is 1. The summed E-state index contributed by atoms with van der Waals surface area (Å²) < 4.78 is 4.58. The molecule has 1 aromatic heterocycles. The standard InChI is InChI=1S/C13H11Cl2N3O2S/c1-20-12(19)5-9-7-21-13(17-9)18-16-6-8-2-3-10(14)11(15)4-8/h2-4,6-7H,5H2,1H3,(H,17,18)/b16-6-. The van der Waals surface area contributed by atoms with Gasteiger partial charge in [0.15, 0.2) is 0 Å². The Balaban J connectivity index is 1.94. The van der Waals surface area contributed by atoms with Crippen molar-refractivity contribution in [3.8, 4) is 0 Å². The van der Waals surface area contributed by atoms with Crippen LogP contribution in [0.15, 0.2) is 28.7 Å². The minimum Gasteiger partial charge on any atom is -0.469 e. The quantitative estimate of drug-likeness (QED) is 0.511. The van der Waals surface area contributed by atoms with Gasteiger partial charge in [-0.1, -0.05) is 29.3 Å². The lowest BCUT2D eigenvalue weighted by molar-refractivity contribution is -0.139. The van der Waals surface area contributed by atoms with Crippen LogP contribution >= 0.6 is 34.5 Å². The Hall–Kier alpha value is -1.63. The molecule has 0 saturated heterocycles. The second-order valence-corrected chi connectivity index (χ2v) is 5.61. The third-order valence-electron chi connectivity index (χ3n) is 2.42. The molecule has 0 unspecified atom stereocenters. The largest absolute Gasteiger partial charge is 0.469 e. The Morgan fingerprint density at radius 1 is 1.48 bits per heavy atom. The predicted molar refractivity (Wildman–Crippen MR) is 85.5 cm³/mol. The molecular weight excluding hydrogens is 333 g/mol. The molecule has 21 heavy (non-hydrogen) atoms. The van der Waals surface area contributed by atoms with Crippen molar-refractivity contribution >= 4 is 51.9 Å². The van der Waals surface area contributed by atoms with Gasteiger partial charge in [-0.25, -0.2) is 4.98 Å². The summed E-state index contributed by atoms with van der Waals surface area (Å²) in [6, 6.07) is 5.20. The zero-order valence-corrected chi connectivity index (χ0v) is 13.3. The molecule has 0 amide bonds. The fourth-order valence-corrected chi connectivity index (χ4v) is 2.38. The highest BCUT2D eigenvalue weighted by molar-refractivity contribution is 7.13. The van der Waals surface area contributed by atoms with Crippen LogP contribution in [0.1, 0.15) is 11.3 Å². The summed E-state index contributed by atoms with van der Waals surface area (Å²) in [5, 5.41) is 7.37. The molecule has 0 spiro atoms. The van der Waals surface area contributed by atoms with Gasteiger partial charge in [0.05, 0.1) is 35.5 Å². The maximum atomic E-state index is 11.1. The monoisotopic (exact) mass is 343 g/mol. The summed E-state index contributed by atoms with van der Waals surface area (Å²) >= 11 is 13.1. The second kappa shape index (κ2) is 7.40. The van der Waals surface area contributed by atoms with Crippen molar-refractivity contribution in [1.29, 1.82) is 0 Å². The van der Waals surface area contributed by atoms with E-state index in [0.717, 1.165) is 5.56 Å². The van der Waals surface area contributed by atoms with Gasteiger partial charge in [-0.05, 0) is 17.7 Å². The maximum Gasteiger partial charge on any atom is 0.311 e. The minimum absolute atomic E-state index is 0.144. The molecule has 0 aliphatic rings. The normalized spacial score (nSPS) is 10.8. The van der Waals surface area contributed by atoms with Gasteiger partial charge in [0.25, 0.3) is 0 Å². The molecule has 0 radical (unpaired) electrons. The Bertz CT molecular complexity index is 673. The van der Waals surface area contributed by atoms with Gasteiger partial charge in [0.2, 0.25) is 5.13 Å². The van der Waals surface area contributed by atoms with Gasteiger partial charge in [-0.15, -0.1) is 11.3 Å². The molecule has 5 nitrogen and oxygen atoms in total. The lowest BCUT2D eigenvalue weighted by Crippen LogP contribution is -2.04. The predicted octanol–water partition coefficient (Wildman–Crippen LogP) is 3.61. The summed E-state index contributed by atoms with van der Waals surface area (Å²) in [4.78, 5) is 15.3. The zero-order valence-electron chi connectivity index (χ0n) is 11.0. The Labute approximate surface area is 135 Å². The number of hydrogen-bond acceptors (Lipinski definition) is 6. The molecule has 0 fully saturated rings. The molecule has 1 heterocycles. The number of thiazole rings is 1. The van der Waals surface area contributed by atoms with E-state index in [9.17, 15) is 4.79 Å². The number of methoxy groups -OCH3 is 1. The van der Waals surface area contributed by atoms with Crippen molar-refractivity contribution in [2.75, 3.05) is 12.5 Å². The van der Waals surface area contributed by atoms with E-state index in [0.29, 0.717) is 20.9 Å². The number of carbonyl (C=O) groups is 1. The number of carbonyl (C=O) groups excluding carboxylic acids is 1. The van der Waals surface area contributed by atoms with E-state index in [-0.39, 0.29) is 12.4 Å². The van der Waals surface area contributed by atoms with Crippen molar-refractivity contribution in [3.63, 3.8) is 0 Å². The highest BCUT2D eigenvalue weighted by Crippen LogP contribution is 2.22. The number of rotatable bonds is 5. The molecule has 2 rings (SSSR count). The zero-order chi connectivity index (χ0) is 15.2. The van der Waals surface area contributed by atoms with E-state index in [2.05, 4.69) is 20.2 Å². The fraction of sp³-hybridized carbons (Fsp3) is 0.154. The molecule has 1 aromatic carbocycles. The van der Waals surface area contributed by atoms with Crippen LogP contribution in [0, 0.1) is 0 Å². The average Bonchev–Trinajstić information content (AvgIpc) is 2.90. The van der Waals surface area contributed by atoms with Crippen molar-refractivity contribution < 1.29 is 9.53 Å². The maximum absolute atomic E-state index is 11.1. The SMILES string of the molecule is COC(=O)Cc1csc(N/N=C\c2ccc(Cl)c(Cl)c2)n1. The number of esters is 1. The van der Waals surface area contributed by atoms with E-state index in [1.165, 1.54) is 18.4 Å². The molecule has 0 saturated carbocycles. The molecule has 0 bridgehead atoms. The number of aromatic nitrogens is 1. The highest BCUT2D eigenvalue weighted by atomic mass is 35.5. The number of benzene rings is 1. The van der Waals surface area contributed by atoms with Crippen LogP contribution in [-0.4, -0.2) is 24.3 Å². The van der Waals surface area contributed by atoms with Crippen molar-refractivity contribution in [1.82, 2.24) is 4.98 Å². The molecule has 8 heteroatoms. The van der Waals surface area contributed by atoms with Crippen LogP contribution in [0.25, 0.3) is 0 Å². The van der Waals surface area contributed by atoms with E-state index in [4.69, 9.17) is 23.2 Å². The molecule has 0 aliphatic heterocycles. The lowest BCUT2D eigenvalue weighted by Gasteiger charge is -1.97. The smallest absolute Gasteiger partial charge is 0.311 e. The molecule has 0 atom stereocenters. The van der Waals surface area contributed by atoms with Gasteiger partial charge in [0, 0.05) is 5.38 Å². The average molecular weight is 344 g/mol. The number of nitrogens with one attached hydrogen (secondary N) is 1. The highest BCUT2D eigenvalue weighted by Gasteiger charge is 2.06. The Kier molecular flexibility index (Phi) is 5.55. The third kappa shape index (κ3) is 4.70. The summed E-state index contributed by atoms with van der Waals surface area (Å²) in [5.41, 5.74) is 4.23. The minimum atomic E-state index is -0.328. The number of ether oxygens (including phenoxy) is 1. The molecular formula is C13H11Cl2N3O2S. The first-order valence-electron chi connectivity index (χ1n) is 5.84. The second-order valence-electron chi connectivity index (χ2n) is 3.94. The number of nitrogens with zero attached hydrogens (tertiary/aromatic N) is 2. The molecule has 0 aliphatic carbocycles. The van der Waals surface area contributed by atoms with Gasteiger partial charge in [-0.3, -0.25) is 10.2 Å². The Morgan fingerprint density at radius 2 is 2.29 bits per heavy atom. The van der Waals surface area contributed by atoms with Crippen molar-refractivity contribution in [3.05, 3.63) is 44.9 Å². The summed E-state index contributed by atoms with van der Waals surface area (Å²) in [6.07, 6.45) is 1.74. The van der Waals surface area contributed by atoms with Crippen LogP contribution in [0.3, 0.4) is 0 Å². The number of halogens is 2. The summed E-state index contributed by atoms with van der Waals surface area (Å²) in [7, 11) is 1.34. The molecule has 110 valence electrons. The first-order valence-corrected chi connectivity index (χ1v) is 7.47. The van der Waals surface area contributed by atoms with Crippen LogP contribution in [-0.2, 0) is 16.0 Å². The number of anilines is 1. The van der Waals surface area contributed by atoms with Crippen LogP contribution in [0.2, 0.25) is 10.0 Å². The van der Waals surface area contributed by atoms with Crippen LogP contribution < -0.4 is 5.43 Å². The van der Waals surface area contributed by atoms with Gasteiger partial charge >= 0.3 is 5.97 Å². The van der Waals surface area contributed by atoms with Crippen LogP contribution in [0.4, 0.5) is 5.13 Å². The lowest BCUT2D eigenvalue weighted by atomic mass is 10.2. The van der Waals surface area contributed by atoms with E-state index < -0.39 is 0 Å². The van der Waals surface area contributed by atoms with Gasteiger partial charge < -0.3 is 4.74 Å². The van der Waals surface area contributed by atoms with Gasteiger partial charge in [0.1, 0.15) is 0 Å². The molecule has 1 N–H and O–H groups in total. The topological polar surface area (TPSA) is 63.6 Å². The van der Waals surface area contributed by atoms with E-state index in [1.54, 1.807) is 29.8 Å². The van der Waals surface area contributed by atoms with Crippen molar-refractivity contribution in [2.45, 2.75) is 6.42 Å². The van der Waals surface area contributed by atoms with E-state index >= 15 is 0 Å². The number of hydrogen-bond donors (Lipinski definition) is 1. The Morgan fingerprint density at radius 3 is 3.00 bits per heavy atom. The fourth-order valence-electron chi connectivity index (χ4n) is 1.41. The summed E-state index contributed by atoms with van der Waals surface area (Å²) in [5.74, 6) is -0.328. The molecule has 2 aromatic rings. The van der Waals surface area contributed by atoms with E-state index in [1.807, 2.05) is 0 Å². The first-order chi connectivity index (χ1) is 10.1. The van der Waals surface area contributed by atoms with Crippen LogP contribution in [0.5, 0.6) is 0 Å². The first kappa shape index (κ1) is 15.8. The van der Waals surface area contributed by atoms with Crippen molar-refractivity contribution in [2.24, 2.45) is 5.10 Å².